The van der Waals surface area contributed by atoms with Crippen molar-refractivity contribution < 1.29 is 19.1 Å². The van der Waals surface area contributed by atoms with E-state index in [9.17, 15) is 10.1 Å². The van der Waals surface area contributed by atoms with Crippen LogP contribution in [0.15, 0.2) is 41.5 Å². The van der Waals surface area contributed by atoms with Crippen LogP contribution in [0.3, 0.4) is 0 Å². The summed E-state index contributed by atoms with van der Waals surface area (Å²) >= 11 is 5.27. The van der Waals surface area contributed by atoms with E-state index in [1.807, 2.05) is 0 Å². The summed E-state index contributed by atoms with van der Waals surface area (Å²) in [5.74, 6) is 1.80. The predicted molar refractivity (Wildman–Crippen MR) is 109 cm³/mol. The highest BCUT2D eigenvalue weighted by atomic mass is 32.1. The number of aromatic nitrogens is 3. The lowest BCUT2D eigenvalue weighted by Gasteiger charge is -2.13. The molecule has 0 fully saturated rings. The summed E-state index contributed by atoms with van der Waals surface area (Å²) in [6.45, 7) is 0. The van der Waals surface area contributed by atoms with Crippen LogP contribution >= 0.6 is 12.2 Å². The highest BCUT2D eigenvalue weighted by Gasteiger charge is 2.17. The fourth-order valence-electron chi connectivity index (χ4n) is 2.60. The summed E-state index contributed by atoms with van der Waals surface area (Å²) in [4.78, 5) is 10.3. The number of nitro benzene ring substituents is 1. The number of H-pyrrole nitrogens is 1. The maximum atomic E-state index is 10.8. The zero-order valence-corrected chi connectivity index (χ0v) is 16.6. The first-order valence-electron chi connectivity index (χ1n) is 8.25. The van der Waals surface area contributed by atoms with Gasteiger partial charge in [0.15, 0.2) is 17.3 Å². The van der Waals surface area contributed by atoms with E-state index >= 15 is 0 Å². The van der Waals surface area contributed by atoms with Crippen LogP contribution in [0.4, 0.5) is 5.69 Å². The summed E-state index contributed by atoms with van der Waals surface area (Å²) in [7, 11) is 4.56. The van der Waals surface area contributed by atoms with Crippen molar-refractivity contribution in [2.75, 3.05) is 21.3 Å². The van der Waals surface area contributed by atoms with E-state index in [1.54, 1.807) is 24.3 Å². The van der Waals surface area contributed by atoms with E-state index in [-0.39, 0.29) is 10.5 Å². The van der Waals surface area contributed by atoms with Gasteiger partial charge in [-0.25, -0.2) is 5.10 Å². The number of nitrogens with one attached hydrogen (secondary N) is 1. The van der Waals surface area contributed by atoms with Crippen LogP contribution in [-0.4, -0.2) is 47.3 Å². The lowest BCUT2D eigenvalue weighted by Crippen LogP contribution is -1.99. The van der Waals surface area contributed by atoms with Gasteiger partial charge in [-0.15, -0.1) is 0 Å². The molecule has 0 bridgehead atoms. The minimum atomic E-state index is -0.463. The van der Waals surface area contributed by atoms with Crippen molar-refractivity contribution in [1.82, 2.24) is 14.9 Å². The topological polar surface area (TPSA) is 117 Å². The SMILES string of the molecule is COc1cc(-c2n[nH]c(=S)n2N=Cc2ccc([N+](=O)[O-])cc2)cc(OC)c1OC. The standard InChI is InChI=1S/C18H17N5O5S/c1-26-14-8-12(9-15(27-2)16(14)28-3)17-20-21-18(29)22(17)19-10-11-4-6-13(7-5-11)23(24)25/h4-10H,1-3H3,(H,21,29). The Bertz CT molecular complexity index is 1100. The average Bonchev–Trinajstić information content (AvgIpc) is 3.11. The van der Waals surface area contributed by atoms with Gasteiger partial charge >= 0.3 is 0 Å². The number of rotatable bonds is 7. The molecule has 11 heteroatoms. The number of ether oxygens (including phenoxy) is 3. The Morgan fingerprint density at radius 1 is 1.14 bits per heavy atom. The van der Waals surface area contributed by atoms with Crippen LogP contribution in [0.2, 0.25) is 0 Å². The zero-order chi connectivity index (χ0) is 21.0. The largest absolute Gasteiger partial charge is 0.493 e. The number of nitrogens with zero attached hydrogens (tertiary/aromatic N) is 4. The first kappa shape index (κ1) is 20.0. The zero-order valence-electron chi connectivity index (χ0n) is 15.8. The molecule has 0 spiro atoms. The van der Waals surface area contributed by atoms with Gasteiger partial charge in [0.1, 0.15) is 0 Å². The van der Waals surface area contributed by atoms with Crippen molar-refractivity contribution in [3.8, 4) is 28.6 Å². The third-order valence-electron chi connectivity index (χ3n) is 4.00. The summed E-state index contributed by atoms with van der Waals surface area (Å²) in [5, 5.41) is 22.0. The molecule has 0 aliphatic heterocycles. The summed E-state index contributed by atoms with van der Waals surface area (Å²) in [6, 6.07) is 9.43. The van der Waals surface area contributed by atoms with Crippen LogP contribution in [0.25, 0.3) is 11.4 Å². The highest BCUT2D eigenvalue weighted by Crippen LogP contribution is 2.40. The predicted octanol–water partition coefficient (Wildman–Crippen LogP) is 3.42. The molecule has 0 atom stereocenters. The fourth-order valence-corrected chi connectivity index (χ4v) is 2.78. The van der Waals surface area contributed by atoms with E-state index in [4.69, 9.17) is 26.4 Å². The van der Waals surface area contributed by atoms with E-state index in [1.165, 1.54) is 44.4 Å². The third-order valence-corrected chi connectivity index (χ3v) is 4.26. The maximum absolute atomic E-state index is 10.8. The van der Waals surface area contributed by atoms with Gasteiger partial charge in [0.2, 0.25) is 10.5 Å². The molecule has 0 radical (unpaired) electrons. The Morgan fingerprint density at radius 2 is 1.76 bits per heavy atom. The molecular formula is C18H17N5O5S. The molecular weight excluding hydrogens is 398 g/mol. The van der Waals surface area contributed by atoms with Gasteiger partial charge in [-0.1, -0.05) is 0 Å². The Balaban J connectivity index is 2.02. The van der Waals surface area contributed by atoms with Crippen molar-refractivity contribution in [2.45, 2.75) is 0 Å². The van der Waals surface area contributed by atoms with Gasteiger partial charge in [-0.3, -0.25) is 10.1 Å². The number of aromatic amines is 1. The number of hydrogen-bond acceptors (Lipinski definition) is 8. The Kier molecular flexibility index (Phi) is 5.88. The first-order chi connectivity index (χ1) is 14.0. The van der Waals surface area contributed by atoms with Crippen LogP contribution < -0.4 is 14.2 Å². The van der Waals surface area contributed by atoms with Crippen molar-refractivity contribution in [3.63, 3.8) is 0 Å². The number of nitro groups is 1. The summed E-state index contributed by atoms with van der Waals surface area (Å²) in [5.41, 5.74) is 1.29. The average molecular weight is 415 g/mol. The molecule has 0 amide bonds. The smallest absolute Gasteiger partial charge is 0.269 e. The summed E-state index contributed by atoms with van der Waals surface area (Å²) in [6.07, 6.45) is 1.52. The number of benzene rings is 2. The molecule has 0 saturated carbocycles. The molecule has 10 nitrogen and oxygen atoms in total. The Hall–Kier alpha value is -3.73. The van der Waals surface area contributed by atoms with Crippen molar-refractivity contribution >= 4 is 24.1 Å². The molecule has 150 valence electrons. The lowest BCUT2D eigenvalue weighted by atomic mass is 10.1. The van der Waals surface area contributed by atoms with Gasteiger partial charge in [-0.05, 0) is 42.0 Å². The number of non-ortho nitro benzene ring substituents is 1. The minimum Gasteiger partial charge on any atom is -0.493 e. The molecule has 0 saturated heterocycles. The quantitative estimate of drug-likeness (QED) is 0.272. The molecule has 1 aromatic heterocycles. The van der Waals surface area contributed by atoms with E-state index in [2.05, 4.69) is 15.3 Å². The normalized spacial score (nSPS) is 10.9. The van der Waals surface area contributed by atoms with Crippen LogP contribution in [0.5, 0.6) is 17.2 Å². The maximum Gasteiger partial charge on any atom is 0.269 e. The minimum absolute atomic E-state index is 0.000171. The first-order valence-corrected chi connectivity index (χ1v) is 8.66. The number of methoxy groups -OCH3 is 3. The monoisotopic (exact) mass is 415 g/mol. The van der Waals surface area contributed by atoms with Crippen LogP contribution in [0.1, 0.15) is 5.56 Å². The molecule has 2 aromatic carbocycles. The van der Waals surface area contributed by atoms with E-state index in [0.717, 1.165) is 0 Å². The van der Waals surface area contributed by atoms with Gasteiger partial charge in [0.25, 0.3) is 5.69 Å². The van der Waals surface area contributed by atoms with Gasteiger partial charge in [-0.2, -0.15) is 14.9 Å². The third kappa shape index (κ3) is 4.09. The second-order valence-corrected chi connectivity index (χ2v) is 6.06. The molecule has 3 aromatic rings. The van der Waals surface area contributed by atoms with Crippen molar-refractivity contribution in [1.29, 1.82) is 0 Å². The van der Waals surface area contributed by atoms with Crippen LogP contribution in [0, 0.1) is 14.9 Å². The Morgan fingerprint density at radius 3 is 2.28 bits per heavy atom. The van der Waals surface area contributed by atoms with Gasteiger partial charge in [0.05, 0.1) is 32.5 Å². The molecule has 0 unspecified atom stereocenters. The second kappa shape index (κ2) is 8.52. The Labute approximate surface area is 170 Å². The highest BCUT2D eigenvalue weighted by molar-refractivity contribution is 7.71. The summed E-state index contributed by atoms with van der Waals surface area (Å²) < 4.78 is 17.8. The second-order valence-electron chi connectivity index (χ2n) is 5.67. The van der Waals surface area contributed by atoms with Gasteiger partial charge in [0, 0.05) is 17.7 Å². The molecule has 0 aliphatic rings. The molecule has 1 heterocycles. The molecule has 3 rings (SSSR count). The van der Waals surface area contributed by atoms with Gasteiger partial charge < -0.3 is 14.2 Å². The van der Waals surface area contributed by atoms with E-state index in [0.29, 0.717) is 34.2 Å². The number of hydrogen-bond donors (Lipinski definition) is 1. The van der Waals surface area contributed by atoms with Crippen LogP contribution in [-0.2, 0) is 0 Å². The van der Waals surface area contributed by atoms with Crippen molar-refractivity contribution in [3.05, 3.63) is 56.8 Å². The fraction of sp³-hybridized carbons (Fsp3) is 0.167. The van der Waals surface area contributed by atoms with E-state index < -0.39 is 4.92 Å². The lowest BCUT2D eigenvalue weighted by molar-refractivity contribution is -0.384. The molecule has 29 heavy (non-hydrogen) atoms. The van der Waals surface area contributed by atoms with Crippen molar-refractivity contribution in [2.24, 2.45) is 5.10 Å². The molecule has 1 N–H and O–H groups in total. The molecule has 0 aliphatic carbocycles.